The second-order valence-electron chi connectivity index (χ2n) is 1.14. The zero-order valence-electron chi connectivity index (χ0n) is 4.64. The van der Waals surface area contributed by atoms with Gasteiger partial charge in [-0.2, -0.15) is 11.3 Å². The van der Waals surface area contributed by atoms with E-state index in [0.29, 0.717) is 0 Å². The molecule has 0 bridgehead atoms. The average Bonchev–Trinajstić information content (AvgIpc) is 2.14. The minimum absolute atomic E-state index is 0. The molecule has 1 heterocycles. The van der Waals surface area contributed by atoms with Crippen LogP contribution < -0.4 is 18.9 Å². The molecule has 0 fully saturated rings. The van der Waals surface area contributed by atoms with Crippen molar-refractivity contribution in [3.8, 4) is 5.92 Å². The normalized spacial score (nSPS) is 6.88. The molecule has 1 aromatic heterocycles. The Balaban J connectivity index is 0.000000490. The van der Waals surface area contributed by atoms with Gasteiger partial charge in [-0.1, -0.05) is 5.38 Å². The second-order valence-corrected chi connectivity index (χ2v) is 1.92. The van der Waals surface area contributed by atoms with Gasteiger partial charge in [-0.3, -0.25) is 5.92 Å². The number of hydrogen-bond acceptors (Lipinski definition) is 1. The second kappa shape index (κ2) is 3.81. The van der Waals surface area contributed by atoms with E-state index < -0.39 is 0 Å². The van der Waals surface area contributed by atoms with Gasteiger partial charge in [0.2, 0.25) is 0 Å². The Morgan fingerprint density at radius 3 is 2.62 bits per heavy atom. The van der Waals surface area contributed by atoms with Crippen molar-refractivity contribution in [3.05, 3.63) is 28.8 Å². The van der Waals surface area contributed by atoms with Crippen molar-refractivity contribution in [2.24, 2.45) is 0 Å². The molecular weight excluding hydrogens is 111 g/mol. The fourth-order valence-electron chi connectivity index (χ4n) is 0.336. The molecule has 0 aliphatic carbocycles. The van der Waals surface area contributed by atoms with Crippen molar-refractivity contribution in [2.45, 2.75) is 0 Å². The molecule has 1 aromatic rings. The Morgan fingerprint density at radius 2 is 2.38 bits per heavy atom. The van der Waals surface area contributed by atoms with Crippen LogP contribution in [0.25, 0.3) is 0 Å². The van der Waals surface area contributed by atoms with Crippen LogP contribution in [0.5, 0.6) is 0 Å². The first kappa shape index (κ1) is 7.86. The van der Waals surface area contributed by atoms with Crippen LogP contribution in [-0.2, 0) is 0 Å². The van der Waals surface area contributed by atoms with Crippen LogP contribution in [0.4, 0.5) is 0 Å². The molecule has 0 atom stereocenters. The van der Waals surface area contributed by atoms with E-state index in [1.807, 2.05) is 16.8 Å². The summed E-state index contributed by atoms with van der Waals surface area (Å²) in [5.74, 6) is 2.27. The molecule has 0 unspecified atom stereocenters. The smallest absolute Gasteiger partial charge is 0.366 e. The molecule has 2 heteroatoms. The quantitative estimate of drug-likeness (QED) is 0.223. The van der Waals surface area contributed by atoms with E-state index in [-0.39, 0.29) is 18.9 Å². The summed E-state index contributed by atoms with van der Waals surface area (Å²) >= 11 is 1.58. The third kappa shape index (κ3) is 1.76. The van der Waals surface area contributed by atoms with Crippen LogP contribution in [0.2, 0.25) is 0 Å². The third-order valence-corrected chi connectivity index (χ3v) is 1.35. The van der Waals surface area contributed by atoms with Gasteiger partial charge in [0.15, 0.2) is 0 Å². The SMILES string of the molecule is [C-]#Cc1ccsc1.[Li+]. The summed E-state index contributed by atoms with van der Waals surface area (Å²) in [6.07, 6.45) is 6.62. The predicted molar refractivity (Wildman–Crippen MR) is 30.6 cm³/mol. The molecule has 0 aliphatic rings. The molecule has 0 saturated heterocycles. The van der Waals surface area contributed by atoms with Gasteiger partial charge >= 0.3 is 18.9 Å². The van der Waals surface area contributed by atoms with Crippen LogP contribution in [0.1, 0.15) is 5.56 Å². The van der Waals surface area contributed by atoms with E-state index in [1.165, 1.54) is 0 Å². The fraction of sp³-hybridized carbons (Fsp3) is 0. The van der Waals surface area contributed by atoms with Crippen molar-refractivity contribution in [1.29, 1.82) is 0 Å². The van der Waals surface area contributed by atoms with Crippen molar-refractivity contribution >= 4 is 11.3 Å². The van der Waals surface area contributed by atoms with Crippen LogP contribution >= 0.6 is 11.3 Å². The van der Waals surface area contributed by atoms with Crippen molar-refractivity contribution in [2.75, 3.05) is 0 Å². The molecule has 0 saturated carbocycles. The summed E-state index contributed by atoms with van der Waals surface area (Å²) in [6, 6.07) is 1.86. The van der Waals surface area contributed by atoms with Gasteiger partial charge in [0, 0.05) is 0 Å². The molecule has 0 nitrogen and oxygen atoms in total. The topological polar surface area (TPSA) is 0 Å². The summed E-state index contributed by atoms with van der Waals surface area (Å²) in [6.45, 7) is 0. The van der Waals surface area contributed by atoms with Gasteiger partial charge < -0.3 is 6.42 Å². The molecule has 0 radical (unpaired) electrons. The van der Waals surface area contributed by atoms with Crippen LogP contribution in [0.15, 0.2) is 16.8 Å². The minimum atomic E-state index is 0. The molecule has 0 N–H and O–H groups in total. The summed E-state index contributed by atoms with van der Waals surface area (Å²) in [5.41, 5.74) is 0.866. The van der Waals surface area contributed by atoms with Gasteiger partial charge in [-0.05, 0) is 5.38 Å². The van der Waals surface area contributed by atoms with Crippen LogP contribution in [-0.4, -0.2) is 0 Å². The zero-order chi connectivity index (χ0) is 5.11. The molecular formula is C6H3LiS. The van der Waals surface area contributed by atoms with E-state index in [9.17, 15) is 0 Å². The first-order valence-corrected chi connectivity index (χ1v) is 2.82. The standard InChI is InChI=1S/C6H3S.Li/c1-2-6-3-4-7-5-6;/h3-5H;/q-1;+1. The third-order valence-electron chi connectivity index (χ3n) is 0.666. The number of rotatable bonds is 0. The zero-order valence-corrected chi connectivity index (χ0v) is 5.46. The van der Waals surface area contributed by atoms with Gasteiger partial charge in [-0.25, -0.2) is 0 Å². The predicted octanol–water partition coefficient (Wildman–Crippen LogP) is -1.31. The molecule has 0 aromatic carbocycles. The molecule has 0 aliphatic heterocycles. The molecule has 1 rings (SSSR count). The average molecular weight is 114 g/mol. The van der Waals surface area contributed by atoms with Gasteiger partial charge in [0.25, 0.3) is 0 Å². The molecule has 8 heavy (non-hydrogen) atoms. The van der Waals surface area contributed by atoms with Crippen molar-refractivity contribution in [1.82, 2.24) is 0 Å². The number of thiophene rings is 1. The van der Waals surface area contributed by atoms with E-state index in [1.54, 1.807) is 11.3 Å². The maximum atomic E-state index is 6.62. The van der Waals surface area contributed by atoms with E-state index in [4.69, 9.17) is 6.42 Å². The maximum Gasteiger partial charge on any atom is 1.00 e. The summed E-state index contributed by atoms with van der Waals surface area (Å²) in [5, 5.41) is 3.81. The Bertz CT molecular complexity index is 171. The van der Waals surface area contributed by atoms with Crippen LogP contribution in [0, 0.1) is 12.3 Å². The fourth-order valence-corrected chi connectivity index (χ4v) is 0.923. The van der Waals surface area contributed by atoms with E-state index in [0.717, 1.165) is 5.56 Å². The summed E-state index contributed by atoms with van der Waals surface area (Å²) < 4.78 is 0. The molecule has 0 amide bonds. The van der Waals surface area contributed by atoms with E-state index >= 15 is 0 Å². The summed E-state index contributed by atoms with van der Waals surface area (Å²) in [4.78, 5) is 0. The van der Waals surface area contributed by atoms with E-state index in [2.05, 4.69) is 5.92 Å². The summed E-state index contributed by atoms with van der Waals surface area (Å²) in [7, 11) is 0. The Hall–Kier alpha value is -0.143. The first-order valence-electron chi connectivity index (χ1n) is 1.88. The Kier molecular flexibility index (Phi) is 3.74. The van der Waals surface area contributed by atoms with Gasteiger partial charge in [0.1, 0.15) is 0 Å². The Morgan fingerprint density at radius 1 is 1.62 bits per heavy atom. The number of hydrogen-bond donors (Lipinski definition) is 0. The van der Waals surface area contributed by atoms with Crippen molar-refractivity contribution < 1.29 is 18.9 Å². The van der Waals surface area contributed by atoms with Crippen molar-refractivity contribution in [3.63, 3.8) is 0 Å². The largest absolute Gasteiger partial charge is 1.00 e. The minimum Gasteiger partial charge on any atom is -0.366 e. The van der Waals surface area contributed by atoms with Gasteiger partial charge in [-0.15, -0.1) is 11.6 Å². The Labute approximate surface area is 65.1 Å². The van der Waals surface area contributed by atoms with Gasteiger partial charge in [0.05, 0.1) is 0 Å². The molecule has 34 valence electrons. The van der Waals surface area contributed by atoms with Crippen LogP contribution in [0.3, 0.4) is 0 Å². The monoisotopic (exact) mass is 114 g/mol. The molecule has 0 spiro atoms. The first-order chi connectivity index (χ1) is 3.43. The maximum absolute atomic E-state index is 6.62.